The van der Waals surface area contributed by atoms with E-state index in [1.807, 2.05) is 36.4 Å². The predicted octanol–water partition coefficient (Wildman–Crippen LogP) is 3.04. The maximum absolute atomic E-state index is 5.57. The van der Waals surface area contributed by atoms with Gasteiger partial charge in [0, 0.05) is 10.2 Å². The third kappa shape index (κ3) is 2.73. The second kappa shape index (κ2) is 4.99. The first-order chi connectivity index (χ1) is 7.75. The smallest absolute Gasteiger partial charge is 0.0596 e. The Bertz CT molecular complexity index is 468. The maximum atomic E-state index is 5.57. The molecular formula is C12H12BrN3. The molecule has 0 fully saturated rings. The van der Waals surface area contributed by atoms with Gasteiger partial charge in [-0.25, -0.2) is 0 Å². The van der Waals surface area contributed by atoms with E-state index >= 15 is 0 Å². The van der Waals surface area contributed by atoms with E-state index < -0.39 is 0 Å². The maximum Gasteiger partial charge on any atom is 0.0596 e. The summed E-state index contributed by atoms with van der Waals surface area (Å²) in [6, 6.07) is 11.8. The number of nitrogens with two attached hydrogens (primary N) is 1. The van der Waals surface area contributed by atoms with E-state index in [2.05, 4.69) is 26.2 Å². The third-order valence-electron chi connectivity index (χ3n) is 2.18. The van der Waals surface area contributed by atoms with Gasteiger partial charge in [0.05, 0.1) is 24.1 Å². The first-order valence-corrected chi connectivity index (χ1v) is 5.74. The van der Waals surface area contributed by atoms with Gasteiger partial charge in [-0.15, -0.1) is 0 Å². The molecule has 3 nitrogen and oxygen atoms in total. The Labute approximate surface area is 103 Å². The summed E-state index contributed by atoms with van der Waals surface area (Å²) in [6.07, 6.45) is 1.66. The molecule has 2 aromatic rings. The van der Waals surface area contributed by atoms with Gasteiger partial charge in [-0.05, 0) is 40.2 Å². The fourth-order valence-electron chi connectivity index (χ4n) is 1.33. The van der Waals surface area contributed by atoms with Gasteiger partial charge >= 0.3 is 0 Å². The van der Waals surface area contributed by atoms with Crippen molar-refractivity contribution >= 4 is 27.3 Å². The number of aromatic nitrogens is 1. The lowest BCUT2D eigenvalue weighted by molar-refractivity contribution is 1.05. The molecule has 0 aliphatic carbocycles. The van der Waals surface area contributed by atoms with E-state index in [0.717, 1.165) is 15.9 Å². The van der Waals surface area contributed by atoms with Crippen molar-refractivity contribution in [3.63, 3.8) is 0 Å². The van der Waals surface area contributed by atoms with E-state index in [9.17, 15) is 0 Å². The molecular weight excluding hydrogens is 266 g/mol. The number of halogens is 1. The van der Waals surface area contributed by atoms with Crippen LogP contribution in [0.2, 0.25) is 0 Å². The number of para-hydroxylation sites is 1. The van der Waals surface area contributed by atoms with Gasteiger partial charge in [0.1, 0.15) is 0 Å². The number of nitrogens with one attached hydrogen (secondary N) is 1. The Balaban J connectivity index is 2.02. The van der Waals surface area contributed by atoms with Crippen LogP contribution in [0.4, 0.5) is 11.4 Å². The van der Waals surface area contributed by atoms with Gasteiger partial charge < -0.3 is 11.1 Å². The van der Waals surface area contributed by atoms with Crippen LogP contribution in [0.5, 0.6) is 0 Å². The standard InChI is InChI=1S/C12H12BrN3/c13-11-3-1-2-4-12(11)16-8-10-6-5-9(14)7-15-10/h1-7,16H,8,14H2. The third-order valence-corrected chi connectivity index (χ3v) is 2.87. The Morgan fingerprint density at radius 2 is 2.00 bits per heavy atom. The minimum Gasteiger partial charge on any atom is -0.397 e. The summed E-state index contributed by atoms with van der Waals surface area (Å²) in [5.41, 5.74) is 8.27. The first-order valence-electron chi connectivity index (χ1n) is 4.94. The summed E-state index contributed by atoms with van der Waals surface area (Å²) < 4.78 is 1.05. The lowest BCUT2D eigenvalue weighted by Gasteiger charge is -2.07. The van der Waals surface area contributed by atoms with Crippen LogP contribution in [-0.2, 0) is 6.54 Å². The van der Waals surface area contributed by atoms with Gasteiger partial charge in [0.15, 0.2) is 0 Å². The zero-order valence-electron chi connectivity index (χ0n) is 8.65. The van der Waals surface area contributed by atoms with E-state index in [1.54, 1.807) is 6.20 Å². The Hall–Kier alpha value is -1.55. The number of nitrogens with zero attached hydrogens (tertiary/aromatic N) is 1. The molecule has 0 amide bonds. The van der Waals surface area contributed by atoms with Gasteiger partial charge in [-0.2, -0.15) is 0 Å². The number of hydrogen-bond donors (Lipinski definition) is 2. The minimum absolute atomic E-state index is 0.683. The average Bonchev–Trinajstić information content (AvgIpc) is 2.30. The molecule has 1 heterocycles. The van der Waals surface area contributed by atoms with Crippen LogP contribution < -0.4 is 11.1 Å². The highest BCUT2D eigenvalue weighted by Gasteiger charge is 1.98. The van der Waals surface area contributed by atoms with Crippen LogP contribution >= 0.6 is 15.9 Å². The monoisotopic (exact) mass is 277 g/mol. The van der Waals surface area contributed by atoms with Crippen LogP contribution in [0.15, 0.2) is 47.1 Å². The normalized spacial score (nSPS) is 10.1. The number of hydrogen-bond acceptors (Lipinski definition) is 3. The molecule has 16 heavy (non-hydrogen) atoms. The molecule has 0 aliphatic rings. The van der Waals surface area contributed by atoms with E-state index in [4.69, 9.17) is 5.73 Å². The fraction of sp³-hybridized carbons (Fsp3) is 0.0833. The Morgan fingerprint density at radius 1 is 1.19 bits per heavy atom. The van der Waals surface area contributed by atoms with Crippen molar-refractivity contribution in [2.75, 3.05) is 11.1 Å². The molecule has 0 saturated heterocycles. The summed E-state index contributed by atoms with van der Waals surface area (Å²) in [5, 5.41) is 3.30. The number of pyridine rings is 1. The minimum atomic E-state index is 0.683. The lowest BCUT2D eigenvalue weighted by Crippen LogP contribution is -2.02. The highest BCUT2D eigenvalue weighted by Crippen LogP contribution is 2.21. The van der Waals surface area contributed by atoms with Crippen molar-refractivity contribution in [1.82, 2.24) is 4.98 Å². The van der Waals surface area contributed by atoms with E-state index in [0.29, 0.717) is 12.2 Å². The van der Waals surface area contributed by atoms with Crippen LogP contribution in [0.1, 0.15) is 5.69 Å². The zero-order chi connectivity index (χ0) is 11.4. The van der Waals surface area contributed by atoms with Crippen molar-refractivity contribution in [3.05, 3.63) is 52.8 Å². The molecule has 0 unspecified atom stereocenters. The summed E-state index contributed by atoms with van der Waals surface area (Å²) in [7, 11) is 0. The SMILES string of the molecule is Nc1ccc(CNc2ccccc2Br)nc1. The quantitative estimate of drug-likeness (QED) is 0.907. The van der Waals surface area contributed by atoms with E-state index in [-0.39, 0.29) is 0 Å². The van der Waals surface area contributed by atoms with Crippen molar-refractivity contribution in [2.24, 2.45) is 0 Å². The molecule has 0 saturated carbocycles. The van der Waals surface area contributed by atoms with Gasteiger partial charge in [0.25, 0.3) is 0 Å². The predicted molar refractivity (Wildman–Crippen MR) is 70.1 cm³/mol. The molecule has 4 heteroatoms. The zero-order valence-corrected chi connectivity index (χ0v) is 10.2. The molecule has 1 aromatic heterocycles. The largest absolute Gasteiger partial charge is 0.397 e. The van der Waals surface area contributed by atoms with Crippen LogP contribution in [0, 0.1) is 0 Å². The number of anilines is 2. The van der Waals surface area contributed by atoms with E-state index in [1.165, 1.54) is 0 Å². The summed E-state index contributed by atoms with van der Waals surface area (Å²) in [4.78, 5) is 4.22. The average molecular weight is 278 g/mol. The molecule has 0 atom stereocenters. The molecule has 0 bridgehead atoms. The number of benzene rings is 1. The van der Waals surface area contributed by atoms with Gasteiger partial charge in [-0.3, -0.25) is 4.98 Å². The highest BCUT2D eigenvalue weighted by atomic mass is 79.9. The number of rotatable bonds is 3. The lowest BCUT2D eigenvalue weighted by atomic mass is 10.3. The molecule has 3 N–H and O–H groups in total. The van der Waals surface area contributed by atoms with Crippen LogP contribution in [-0.4, -0.2) is 4.98 Å². The van der Waals surface area contributed by atoms with Gasteiger partial charge in [0.2, 0.25) is 0 Å². The molecule has 0 aliphatic heterocycles. The molecule has 1 aromatic carbocycles. The summed E-state index contributed by atoms with van der Waals surface area (Å²) in [6.45, 7) is 0.683. The van der Waals surface area contributed by atoms with Crippen LogP contribution in [0.25, 0.3) is 0 Å². The number of nitrogen functional groups attached to an aromatic ring is 1. The molecule has 2 rings (SSSR count). The highest BCUT2D eigenvalue weighted by molar-refractivity contribution is 9.10. The van der Waals surface area contributed by atoms with Crippen molar-refractivity contribution in [3.8, 4) is 0 Å². The van der Waals surface area contributed by atoms with Crippen molar-refractivity contribution < 1.29 is 0 Å². The first kappa shape index (κ1) is 11.0. The Morgan fingerprint density at radius 3 is 2.69 bits per heavy atom. The molecule has 82 valence electrons. The van der Waals surface area contributed by atoms with Gasteiger partial charge in [-0.1, -0.05) is 12.1 Å². The summed E-state index contributed by atoms with van der Waals surface area (Å²) >= 11 is 3.48. The van der Waals surface area contributed by atoms with Crippen molar-refractivity contribution in [2.45, 2.75) is 6.54 Å². The summed E-state index contributed by atoms with van der Waals surface area (Å²) in [5.74, 6) is 0. The Kier molecular flexibility index (Phi) is 3.41. The second-order valence-corrected chi connectivity index (χ2v) is 4.27. The van der Waals surface area contributed by atoms with Crippen LogP contribution in [0.3, 0.4) is 0 Å². The second-order valence-electron chi connectivity index (χ2n) is 3.42. The molecule has 0 spiro atoms. The molecule has 0 radical (unpaired) electrons. The fourth-order valence-corrected chi connectivity index (χ4v) is 1.76. The topological polar surface area (TPSA) is 50.9 Å². The van der Waals surface area contributed by atoms with Crippen molar-refractivity contribution in [1.29, 1.82) is 0 Å².